The van der Waals surface area contributed by atoms with Crippen molar-refractivity contribution in [3.8, 4) is 0 Å². The van der Waals surface area contributed by atoms with E-state index in [1.165, 1.54) is 12.1 Å². The molecule has 1 amide bonds. The highest BCUT2D eigenvalue weighted by Gasteiger charge is 2.23. The molecule has 1 N–H and O–H groups in total. The van der Waals surface area contributed by atoms with Gasteiger partial charge in [0.05, 0.1) is 16.9 Å². The van der Waals surface area contributed by atoms with Crippen LogP contribution in [-0.2, 0) is 0 Å². The van der Waals surface area contributed by atoms with Crippen LogP contribution in [0.15, 0.2) is 47.1 Å². The van der Waals surface area contributed by atoms with E-state index in [0.717, 1.165) is 11.4 Å². The number of hydrogen-bond acceptors (Lipinski definition) is 5. The zero-order chi connectivity index (χ0) is 19.6. The molecular formula is C19H20N4O4. The molecule has 0 saturated heterocycles. The van der Waals surface area contributed by atoms with Gasteiger partial charge in [-0.25, -0.2) is 0 Å². The predicted octanol–water partition coefficient (Wildman–Crippen LogP) is 3.33. The monoisotopic (exact) mass is 368 g/mol. The lowest BCUT2D eigenvalue weighted by Crippen LogP contribution is -2.32. The van der Waals surface area contributed by atoms with Crippen LogP contribution < -0.4 is 5.32 Å². The van der Waals surface area contributed by atoms with Gasteiger partial charge >= 0.3 is 0 Å². The van der Waals surface area contributed by atoms with Gasteiger partial charge in [0, 0.05) is 29.4 Å². The lowest BCUT2D eigenvalue weighted by atomic mass is 10.1. The minimum absolute atomic E-state index is 0.0798. The quantitative estimate of drug-likeness (QED) is 0.531. The fourth-order valence-electron chi connectivity index (χ4n) is 3.10. The number of aryl methyl sites for hydroxylation is 2. The maximum absolute atomic E-state index is 12.6. The molecule has 0 saturated carbocycles. The van der Waals surface area contributed by atoms with Gasteiger partial charge in [-0.15, -0.1) is 0 Å². The molecule has 0 aliphatic rings. The van der Waals surface area contributed by atoms with E-state index < -0.39 is 4.92 Å². The van der Waals surface area contributed by atoms with Crippen LogP contribution >= 0.6 is 0 Å². The Morgan fingerprint density at radius 2 is 2.07 bits per heavy atom. The van der Waals surface area contributed by atoms with E-state index in [4.69, 9.17) is 4.42 Å². The van der Waals surface area contributed by atoms with Gasteiger partial charge in [0.1, 0.15) is 11.8 Å². The molecule has 140 valence electrons. The summed E-state index contributed by atoms with van der Waals surface area (Å²) in [5, 5.41) is 18.4. The van der Waals surface area contributed by atoms with Crippen LogP contribution in [0.3, 0.4) is 0 Å². The van der Waals surface area contributed by atoms with Gasteiger partial charge in [-0.1, -0.05) is 6.07 Å². The van der Waals surface area contributed by atoms with E-state index >= 15 is 0 Å². The van der Waals surface area contributed by atoms with Crippen molar-refractivity contribution in [1.29, 1.82) is 0 Å². The van der Waals surface area contributed by atoms with Gasteiger partial charge in [0.15, 0.2) is 0 Å². The molecule has 1 unspecified atom stereocenters. The van der Waals surface area contributed by atoms with E-state index in [1.54, 1.807) is 30.0 Å². The molecule has 3 rings (SSSR count). The van der Waals surface area contributed by atoms with E-state index in [2.05, 4.69) is 10.4 Å². The fraction of sp³-hybridized carbons (Fsp3) is 0.263. The van der Waals surface area contributed by atoms with Crippen LogP contribution in [-0.4, -0.2) is 27.2 Å². The number of furan rings is 1. The molecule has 8 nitrogen and oxygen atoms in total. The largest absolute Gasteiger partial charge is 0.467 e. The number of nitrogens with one attached hydrogen (secondary N) is 1. The zero-order valence-corrected chi connectivity index (χ0v) is 15.3. The third-order valence-electron chi connectivity index (χ3n) is 4.41. The number of nitro benzene ring substituents is 1. The Hall–Kier alpha value is -3.42. The number of hydrogen-bond donors (Lipinski definition) is 1. The first kappa shape index (κ1) is 18.4. The smallest absolute Gasteiger partial charge is 0.273 e. The van der Waals surface area contributed by atoms with Gasteiger partial charge in [0.2, 0.25) is 0 Å². The Balaban J connectivity index is 1.84. The molecule has 8 heteroatoms. The van der Waals surface area contributed by atoms with E-state index in [-0.39, 0.29) is 29.7 Å². The molecule has 3 aromatic rings. The Labute approximate surface area is 156 Å². The summed E-state index contributed by atoms with van der Waals surface area (Å²) < 4.78 is 7.33. The lowest BCUT2D eigenvalue weighted by molar-refractivity contribution is -0.385. The third-order valence-corrected chi connectivity index (χ3v) is 4.41. The number of aromatic nitrogens is 2. The van der Waals surface area contributed by atoms with Crippen molar-refractivity contribution in [3.63, 3.8) is 0 Å². The van der Waals surface area contributed by atoms with Crippen molar-refractivity contribution < 1.29 is 14.1 Å². The number of carbonyl (C=O) groups is 1. The van der Waals surface area contributed by atoms with Crippen LogP contribution in [0.4, 0.5) is 5.69 Å². The predicted molar refractivity (Wildman–Crippen MR) is 98.7 cm³/mol. The first-order chi connectivity index (χ1) is 12.9. The van der Waals surface area contributed by atoms with Crippen LogP contribution in [0.25, 0.3) is 0 Å². The first-order valence-electron chi connectivity index (χ1n) is 8.47. The molecule has 2 heterocycles. The summed E-state index contributed by atoms with van der Waals surface area (Å²) in [6, 6.07) is 9.69. The van der Waals surface area contributed by atoms with Crippen molar-refractivity contribution in [2.75, 3.05) is 6.54 Å². The second kappa shape index (κ2) is 7.45. The minimum atomic E-state index is -0.492. The average Bonchev–Trinajstić information content (AvgIpc) is 3.25. The van der Waals surface area contributed by atoms with Crippen molar-refractivity contribution in [2.24, 2.45) is 0 Å². The van der Waals surface area contributed by atoms with Crippen molar-refractivity contribution in [1.82, 2.24) is 15.1 Å². The van der Waals surface area contributed by atoms with Gasteiger partial charge in [-0.3, -0.25) is 19.6 Å². The molecule has 1 aromatic carbocycles. The summed E-state index contributed by atoms with van der Waals surface area (Å²) in [6.07, 6.45) is 1.57. The van der Waals surface area contributed by atoms with Crippen LogP contribution in [0, 0.1) is 30.9 Å². The molecule has 0 aliphatic heterocycles. The molecule has 0 spiro atoms. The molecule has 0 fully saturated rings. The zero-order valence-electron chi connectivity index (χ0n) is 15.3. The third kappa shape index (κ3) is 3.74. The van der Waals surface area contributed by atoms with E-state index in [1.807, 2.05) is 26.0 Å². The van der Waals surface area contributed by atoms with Crippen LogP contribution in [0.1, 0.15) is 39.1 Å². The molecule has 27 heavy (non-hydrogen) atoms. The summed E-state index contributed by atoms with van der Waals surface area (Å²) >= 11 is 0. The second-order valence-electron chi connectivity index (χ2n) is 6.32. The number of rotatable bonds is 6. The standard InChI is InChI=1S/C19H20N4O4/c1-12-10-13(2)22(21-12)17(18-8-5-9-27-18)11-20-19(24)15-6-4-7-16(14(15)3)23(25)26/h4-10,17H,11H2,1-3H3,(H,20,24). The van der Waals surface area contributed by atoms with E-state index in [0.29, 0.717) is 11.3 Å². The molecule has 0 bridgehead atoms. The van der Waals surface area contributed by atoms with Gasteiger partial charge in [0.25, 0.3) is 11.6 Å². The number of nitro groups is 1. The van der Waals surface area contributed by atoms with Crippen molar-refractivity contribution in [2.45, 2.75) is 26.8 Å². The van der Waals surface area contributed by atoms with Gasteiger partial charge in [-0.05, 0) is 45.0 Å². The first-order valence-corrected chi connectivity index (χ1v) is 8.47. The molecule has 0 aliphatic carbocycles. The molecule has 1 atom stereocenters. The second-order valence-corrected chi connectivity index (χ2v) is 6.32. The highest BCUT2D eigenvalue weighted by atomic mass is 16.6. The highest BCUT2D eigenvalue weighted by Crippen LogP contribution is 2.23. The Kier molecular flexibility index (Phi) is 5.07. The van der Waals surface area contributed by atoms with E-state index in [9.17, 15) is 14.9 Å². The van der Waals surface area contributed by atoms with Crippen LogP contribution in [0.2, 0.25) is 0 Å². The summed E-state index contributed by atoms with van der Waals surface area (Å²) in [6.45, 7) is 5.63. The number of amides is 1. The normalized spacial score (nSPS) is 12.0. The molecule has 0 radical (unpaired) electrons. The number of nitrogens with zero attached hydrogens (tertiary/aromatic N) is 3. The maximum Gasteiger partial charge on any atom is 0.273 e. The maximum atomic E-state index is 12.6. The molecular weight excluding hydrogens is 348 g/mol. The Morgan fingerprint density at radius 1 is 1.30 bits per heavy atom. The number of carbonyl (C=O) groups excluding carboxylic acids is 1. The van der Waals surface area contributed by atoms with Gasteiger partial charge in [-0.2, -0.15) is 5.10 Å². The lowest BCUT2D eigenvalue weighted by Gasteiger charge is -2.18. The van der Waals surface area contributed by atoms with Crippen LogP contribution in [0.5, 0.6) is 0 Å². The fourth-order valence-corrected chi connectivity index (χ4v) is 3.10. The SMILES string of the molecule is Cc1cc(C)n(C(CNC(=O)c2cccc([N+](=O)[O-])c2C)c2ccco2)n1. The van der Waals surface area contributed by atoms with Crippen molar-refractivity contribution >= 4 is 11.6 Å². The topological polar surface area (TPSA) is 103 Å². The summed E-state index contributed by atoms with van der Waals surface area (Å²) in [5.41, 5.74) is 2.33. The Morgan fingerprint density at radius 3 is 2.67 bits per heavy atom. The Bertz CT molecular complexity index is 976. The number of benzene rings is 1. The molecule has 2 aromatic heterocycles. The van der Waals surface area contributed by atoms with Gasteiger partial charge < -0.3 is 9.73 Å². The summed E-state index contributed by atoms with van der Waals surface area (Å²) in [4.78, 5) is 23.2. The average molecular weight is 368 g/mol. The minimum Gasteiger partial charge on any atom is -0.467 e. The highest BCUT2D eigenvalue weighted by molar-refractivity contribution is 5.96. The van der Waals surface area contributed by atoms with Crippen molar-refractivity contribution in [3.05, 3.63) is 81.1 Å². The summed E-state index contributed by atoms with van der Waals surface area (Å²) in [7, 11) is 0. The summed E-state index contributed by atoms with van der Waals surface area (Å²) in [5.74, 6) is 0.284.